The van der Waals surface area contributed by atoms with E-state index in [-0.39, 0.29) is 5.41 Å². The molecule has 0 spiro atoms. The van der Waals surface area contributed by atoms with Crippen LogP contribution in [0.4, 0.5) is 0 Å². The first-order valence-corrected chi connectivity index (χ1v) is 6.20. The maximum Gasteiger partial charge on any atom is 0.139 e. The van der Waals surface area contributed by atoms with Gasteiger partial charge in [-0.1, -0.05) is 43.6 Å². The molecular weight excluding hydrogens is 217 g/mol. The third-order valence-corrected chi connectivity index (χ3v) is 3.96. The molecule has 1 nitrogen and oxygen atoms in total. The van der Waals surface area contributed by atoms with Crippen molar-refractivity contribution < 1.29 is 0 Å². The molecule has 0 aliphatic heterocycles. The van der Waals surface area contributed by atoms with E-state index in [1.807, 2.05) is 12.1 Å². The van der Waals surface area contributed by atoms with E-state index in [9.17, 15) is 0 Å². The summed E-state index contributed by atoms with van der Waals surface area (Å²) in [5, 5.41) is 9.05. The second-order valence-electron chi connectivity index (χ2n) is 5.55. The van der Waals surface area contributed by atoms with Crippen molar-refractivity contribution in [1.82, 2.24) is 0 Å². The Morgan fingerprint density at radius 2 is 1.61 bits per heavy atom. The summed E-state index contributed by atoms with van der Waals surface area (Å²) >= 11 is 0. The van der Waals surface area contributed by atoms with E-state index < -0.39 is 0 Å². The monoisotopic (exact) mass is 231 g/mol. The molecule has 0 unspecified atom stereocenters. The van der Waals surface area contributed by atoms with Crippen LogP contribution in [0.2, 0.25) is 0 Å². The van der Waals surface area contributed by atoms with Crippen LogP contribution < -0.4 is 5.46 Å². The molecule has 0 saturated heterocycles. The zero-order valence-electron chi connectivity index (χ0n) is 10.9. The van der Waals surface area contributed by atoms with Gasteiger partial charge >= 0.3 is 0 Å². The number of hydrogen-bond donors (Lipinski definition) is 0. The predicted molar refractivity (Wildman–Crippen MR) is 76.9 cm³/mol. The number of nitriles is 1. The Kier molecular flexibility index (Phi) is 2.16. The molecule has 1 aliphatic carbocycles. The van der Waals surface area contributed by atoms with Gasteiger partial charge in [0.15, 0.2) is 0 Å². The van der Waals surface area contributed by atoms with E-state index >= 15 is 0 Å². The van der Waals surface area contributed by atoms with Crippen LogP contribution in [0, 0.1) is 11.3 Å². The van der Waals surface area contributed by atoms with E-state index in [2.05, 4.69) is 52.0 Å². The fourth-order valence-electron chi connectivity index (χ4n) is 2.92. The molecular formula is C16H14BN. The summed E-state index contributed by atoms with van der Waals surface area (Å²) in [6, 6.07) is 14.9. The SMILES string of the molecule is Bc1ccc2c(c1)C(C)(C)c1cc(C#N)ccc1-2. The van der Waals surface area contributed by atoms with Crippen molar-refractivity contribution in [3.05, 3.63) is 53.1 Å². The molecule has 0 atom stereocenters. The minimum absolute atomic E-state index is 0.0104. The van der Waals surface area contributed by atoms with Gasteiger partial charge in [-0.05, 0) is 34.4 Å². The van der Waals surface area contributed by atoms with Crippen LogP contribution in [-0.4, -0.2) is 7.85 Å². The number of fused-ring (bicyclic) bond motifs is 3. The lowest BCUT2D eigenvalue weighted by atomic mass is 9.80. The third-order valence-electron chi connectivity index (χ3n) is 3.96. The minimum Gasteiger partial charge on any atom is -0.192 e. The molecule has 0 fully saturated rings. The second kappa shape index (κ2) is 3.49. The normalized spacial score (nSPS) is 14.7. The Morgan fingerprint density at radius 3 is 2.28 bits per heavy atom. The van der Waals surface area contributed by atoms with Gasteiger partial charge in [0.2, 0.25) is 0 Å². The predicted octanol–water partition coefficient (Wildman–Crippen LogP) is 2.12. The molecule has 2 aromatic rings. The van der Waals surface area contributed by atoms with E-state index in [1.54, 1.807) is 0 Å². The second-order valence-corrected chi connectivity index (χ2v) is 5.55. The van der Waals surface area contributed by atoms with E-state index in [4.69, 9.17) is 5.26 Å². The van der Waals surface area contributed by atoms with Gasteiger partial charge in [-0.2, -0.15) is 5.26 Å². The Hall–Kier alpha value is -2.01. The summed E-state index contributed by atoms with van der Waals surface area (Å²) in [6.07, 6.45) is 0. The average Bonchev–Trinajstić information content (AvgIpc) is 2.58. The first kappa shape index (κ1) is 11.1. The van der Waals surface area contributed by atoms with Crippen LogP contribution in [0.3, 0.4) is 0 Å². The lowest BCUT2D eigenvalue weighted by molar-refractivity contribution is 0.660. The van der Waals surface area contributed by atoms with Crippen molar-refractivity contribution in [3.63, 3.8) is 0 Å². The number of hydrogen-bond acceptors (Lipinski definition) is 1. The van der Waals surface area contributed by atoms with Crippen LogP contribution in [0.1, 0.15) is 30.5 Å². The Morgan fingerprint density at radius 1 is 1.00 bits per heavy atom. The van der Waals surface area contributed by atoms with Crippen molar-refractivity contribution in [1.29, 1.82) is 5.26 Å². The van der Waals surface area contributed by atoms with E-state index in [1.165, 1.54) is 27.7 Å². The molecule has 3 rings (SSSR count). The van der Waals surface area contributed by atoms with Crippen LogP contribution in [0.25, 0.3) is 11.1 Å². The van der Waals surface area contributed by atoms with Crippen molar-refractivity contribution >= 4 is 13.3 Å². The molecule has 0 bridgehead atoms. The molecule has 0 radical (unpaired) electrons. The van der Waals surface area contributed by atoms with Gasteiger partial charge in [-0.3, -0.25) is 0 Å². The van der Waals surface area contributed by atoms with Gasteiger partial charge < -0.3 is 0 Å². The highest BCUT2D eigenvalue weighted by molar-refractivity contribution is 6.32. The molecule has 0 saturated carbocycles. The highest BCUT2D eigenvalue weighted by Gasteiger charge is 2.35. The summed E-state index contributed by atoms with van der Waals surface area (Å²) in [5.74, 6) is 0. The number of nitrogens with zero attached hydrogens (tertiary/aromatic N) is 1. The fraction of sp³-hybridized carbons (Fsp3) is 0.188. The summed E-state index contributed by atoms with van der Waals surface area (Å²) in [5.41, 5.74) is 7.24. The summed E-state index contributed by atoms with van der Waals surface area (Å²) in [7, 11) is 2.13. The molecule has 0 heterocycles. The van der Waals surface area contributed by atoms with Gasteiger partial charge in [0.25, 0.3) is 0 Å². The first-order chi connectivity index (χ1) is 8.54. The standard InChI is InChI=1S/C16H14BN/c1-16(2)14-7-10(9-18)3-5-12(14)13-6-4-11(17)8-15(13)16/h3-8H,17H2,1-2H3. The highest BCUT2D eigenvalue weighted by Crippen LogP contribution is 2.48. The summed E-state index contributed by atoms with van der Waals surface area (Å²) in [6.45, 7) is 4.47. The van der Waals surface area contributed by atoms with Crippen LogP contribution in [0.15, 0.2) is 36.4 Å². The van der Waals surface area contributed by atoms with Gasteiger partial charge in [0.1, 0.15) is 7.85 Å². The third kappa shape index (κ3) is 1.34. The van der Waals surface area contributed by atoms with Gasteiger partial charge in [0, 0.05) is 5.41 Å². The number of benzene rings is 2. The zero-order valence-corrected chi connectivity index (χ0v) is 10.9. The van der Waals surface area contributed by atoms with Gasteiger partial charge in [-0.25, -0.2) is 0 Å². The van der Waals surface area contributed by atoms with Crippen LogP contribution in [-0.2, 0) is 5.41 Å². The van der Waals surface area contributed by atoms with E-state index in [0.29, 0.717) is 0 Å². The van der Waals surface area contributed by atoms with Crippen LogP contribution in [0.5, 0.6) is 0 Å². The molecule has 0 N–H and O–H groups in total. The smallest absolute Gasteiger partial charge is 0.139 e. The Labute approximate surface area is 108 Å². The molecule has 0 amide bonds. The largest absolute Gasteiger partial charge is 0.192 e. The van der Waals surface area contributed by atoms with Gasteiger partial charge in [0.05, 0.1) is 11.6 Å². The summed E-state index contributed by atoms with van der Waals surface area (Å²) in [4.78, 5) is 0. The summed E-state index contributed by atoms with van der Waals surface area (Å²) < 4.78 is 0. The van der Waals surface area contributed by atoms with Crippen molar-refractivity contribution in [3.8, 4) is 17.2 Å². The molecule has 86 valence electrons. The zero-order chi connectivity index (χ0) is 12.9. The quantitative estimate of drug-likeness (QED) is 0.637. The lowest BCUT2D eigenvalue weighted by Crippen LogP contribution is -2.17. The van der Waals surface area contributed by atoms with E-state index in [0.717, 1.165) is 5.56 Å². The van der Waals surface area contributed by atoms with Gasteiger partial charge in [-0.15, -0.1) is 0 Å². The Bertz CT molecular complexity index is 693. The highest BCUT2D eigenvalue weighted by atomic mass is 14.4. The van der Waals surface area contributed by atoms with Crippen molar-refractivity contribution in [2.45, 2.75) is 19.3 Å². The average molecular weight is 231 g/mol. The van der Waals surface area contributed by atoms with Crippen LogP contribution >= 0.6 is 0 Å². The molecule has 2 aromatic carbocycles. The molecule has 0 aromatic heterocycles. The number of rotatable bonds is 0. The topological polar surface area (TPSA) is 23.8 Å². The minimum atomic E-state index is -0.0104. The molecule has 18 heavy (non-hydrogen) atoms. The first-order valence-electron chi connectivity index (χ1n) is 6.20. The molecule has 1 aliphatic rings. The Balaban J connectivity index is 2.35. The lowest BCUT2D eigenvalue weighted by Gasteiger charge is -2.21. The van der Waals surface area contributed by atoms with Crippen molar-refractivity contribution in [2.75, 3.05) is 0 Å². The maximum atomic E-state index is 9.05. The molecule has 2 heteroatoms. The fourth-order valence-corrected chi connectivity index (χ4v) is 2.92. The maximum absolute atomic E-state index is 9.05. The van der Waals surface area contributed by atoms with Crippen molar-refractivity contribution in [2.24, 2.45) is 0 Å².